The SMILES string of the molecule is CCCNC(C)(C#N)CSc1ccc2c(c1)OCCCO2. The van der Waals surface area contributed by atoms with Crippen molar-refractivity contribution in [2.24, 2.45) is 0 Å². The van der Waals surface area contributed by atoms with Crippen LogP contribution < -0.4 is 14.8 Å². The average Bonchev–Trinajstić information content (AvgIpc) is 2.75. The van der Waals surface area contributed by atoms with Crippen LogP contribution in [0.2, 0.25) is 0 Å². The summed E-state index contributed by atoms with van der Waals surface area (Å²) in [5, 5.41) is 12.6. The van der Waals surface area contributed by atoms with Gasteiger partial charge in [-0.3, -0.25) is 5.32 Å². The molecule has 0 fully saturated rings. The molecule has 4 nitrogen and oxygen atoms in total. The maximum absolute atomic E-state index is 9.35. The highest BCUT2D eigenvalue weighted by molar-refractivity contribution is 7.99. The first-order valence-corrected chi connectivity index (χ1v) is 8.34. The molecule has 1 aromatic rings. The molecule has 0 bridgehead atoms. The van der Waals surface area contributed by atoms with Crippen molar-refractivity contribution in [3.63, 3.8) is 0 Å². The van der Waals surface area contributed by atoms with Gasteiger partial charge in [0.1, 0.15) is 5.54 Å². The molecule has 0 saturated carbocycles. The topological polar surface area (TPSA) is 54.3 Å². The van der Waals surface area contributed by atoms with E-state index in [0.717, 1.165) is 35.8 Å². The Kier molecular flexibility index (Phi) is 5.77. The third-order valence-electron chi connectivity index (χ3n) is 3.26. The molecule has 2 rings (SSSR count). The van der Waals surface area contributed by atoms with Gasteiger partial charge >= 0.3 is 0 Å². The summed E-state index contributed by atoms with van der Waals surface area (Å²) in [6.45, 7) is 6.29. The van der Waals surface area contributed by atoms with Gasteiger partial charge in [0.05, 0.1) is 19.3 Å². The van der Waals surface area contributed by atoms with Crippen LogP contribution in [0.5, 0.6) is 11.5 Å². The largest absolute Gasteiger partial charge is 0.490 e. The molecule has 1 N–H and O–H groups in total. The Bertz CT molecular complexity index is 515. The number of nitrogens with one attached hydrogen (secondary N) is 1. The van der Waals surface area contributed by atoms with E-state index in [0.29, 0.717) is 19.0 Å². The molecule has 1 unspecified atom stereocenters. The second-order valence-corrected chi connectivity index (χ2v) is 6.37. The highest BCUT2D eigenvalue weighted by Crippen LogP contribution is 2.34. The van der Waals surface area contributed by atoms with Crippen LogP contribution in [-0.2, 0) is 0 Å². The van der Waals surface area contributed by atoms with Crippen molar-refractivity contribution < 1.29 is 9.47 Å². The lowest BCUT2D eigenvalue weighted by Crippen LogP contribution is -2.43. The standard InChI is InChI=1S/C16H22N2O2S/c1-3-7-18-16(2,11-17)12-21-13-5-6-14-15(10-13)20-9-4-8-19-14/h5-6,10,18H,3-4,7-9,12H2,1-2H3. The highest BCUT2D eigenvalue weighted by Gasteiger charge is 2.23. The molecule has 1 aliphatic rings. The van der Waals surface area contributed by atoms with Gasteiger partial charge in [0.25, 0.3) is 0 Å². The fourth-order valence-electron chi connectivity index (χ4n) is 1.98. The minimum Gasteiger partial charge on any atom is -0.490 e. The number of hydrogen-bond donors (Lipinski definition) is 1. The summed E-state index contributed by atoms with van der Waals surface area (Å²) < 4.78 is 11.3. The Morgan fingerprint density at radius 1 is 1.33 bits per heavy atom. The van der Waals surface area contributed by atoms with Crippen LogP contribution in [0.25, 0.3) is 0 Å². The molecule has 1 atom stereocenters. The number of nitrogens with zero attached hydrogens (tertiary/aromatic N) is 1. The number of fused-ring (bicyclic) bond motifs is 1. The Morgan fingerprint density at radius 2 is 2.10 bits per heavy atom. The molecule has 0 aliphatic carbocycles. The Balaban J connectivity index is 2.00. The lowest BCUT2D eigenvalue weighted by atomic mass is 10.1. The number of thioether (sulfide) groups is 1. The third kappa shape index (κ3) is 4.55. The predicted molar refractivity (Wildman–Crippen MR) is 85.1 cm³/mol. The number of benzene rings is 1. The first-order chi connectivity index (χ1) is 10.2. The van der Waals surface area contributed by atoms with Crippen LogP contribution in [0.15, 0.2) is 23.1 Å². The van der Waals surface area contributed by atoms with Crippen LogP contribution >= 0.6 is 11.8 Å². The zero-order valence-electron chi connectivity index (χ0n) is 12.6. The van der Waals surface area contributed by atoms with Crippen LogP contribution in [-0.4, -0.2) is 31.1 Å². The van der Waals surface area contributed by atoms with E-state index in [4.69, 9.17) is 9.47 Å². The molecule has 21 heavy (non-hydrogen) atoms. The monoisotopic (exact) mass is 306 g/mol. The van der Waals surface area contributed by atoms with Gasteiger partial charge in [-0.1, -0.05) is 6.92 Å². The summed E-state index contributed by atoms with van der Waals surface area (Å²) in [4.78, 5) is 1.10. The number of rotatable bonds is 6. The minimum atomic E-state index is -0.509. The molecule has 0 radical (unpaired) electrons. The Morgan fingerprint density at radius 3 is 2.81 bits per heavy atom. The number of ether oxygens (including phenoxy) is 2. The van der Waals surface area contributed by atoms with Crippen LogP contribution in [0.1, 0.15) is 26.7 Å². The molecular weight excluding hydrogens is 284 g/mol. The zero-order chi connectivity index (χ0) is 15.1. The molecule has 0 spiro atoms. The molecule has 114 valence electrons. The third-order valence-corrected chi connectivity index (χ3v) is 4.57. The van der Waals surface area contributed by atoms with Crippen LogP contribution in [0, 0.1) is 11.3 Å². The van der Waals surface area contributed by atoms with E-state index in [1.807, 2.05) is 25.1 Å². The Labute approximate surface area is 130 Å². The lowest BCUT2D eigenvalue weighted by molar-refractivity contribution is 0.297. The van der Waals surface area contributed by atoms with Gasteiger partial charge in [0.2, 0.25) is 0 Å². The Hall–Kier alpha value is -1.38. The van der Waals surface area contributed by atoms with Gasteiger partial charge < -0.3 is 9.47 Å². The maximum atomic E-state index is 9.35. The summed E-state index contributed by atoms with van der Waals surface area (Å²) >= 11 is 1.66. The number of nitriles is 1. The first-order valence-electron chi connectivity index (χ1n) is 7.35. The van der Waals surface area contributed by atoms with E-state index in [1.165, 1.54) is 0 Å². The van der Waals surface area contributed by atoms with Gasteiger partial charge in [-0.25, -0.2) is 0 Å². The highest BCUT2D eigenvalue weighted by atomic mass is 32.2. The van der Waals surface area contributed by atoms with Crippen molar-refractivity contribution in [3.05, 3.63) is 18.2 Å². The molecular formula is C16H22N2O2S. The zero-order valence-corrected chi connectivity index (χ0v) is 13.5. The smallest absolute Gasteiger partial charge is 0.162 e. The normalized spacial score (nSPS) is 16.6. The van der Waals surface area contributed by atoms with Crippen molar-refractivity contribution >= 4 is 11.8 Å². The van der Waals surface area contributed by atoms with E-state index in [9.17, 15) is 5.26 Å². The maximum Gasteiger partial charge on any atom is 0.162 e. The molecule has 1 aromatic carbocycles. The molecule has 0 saturated heterocycles. The van der Waals surface area contributed by atoms with Crippen molar-refractivity contribution in [2.45, 2.75) is 37.1 Å². The average molecular weight is 306 g/mol. The van der Waals surface area contributed by atoms with Crippen molar-refractivity contribution in [3.8, 4) is 17.6 Å². The number of hydrogen-bond acceptors (Lipinski definition) is 5. The summed E-state index contributed by atoms with van der Waals surface area (Å²) in [5.74, 6) is 2.31. The quantitative estimate of drug-likeness (QED) is 0.818. The van der Waals surface area contributed by atoms with Gasteiger partial charge in [0, 0.05) is 17.1 Å². The van der Waals surface area contributed by atoms with Gasteiger partial charge in [0.15, 0.2) is 11.5 Å². The summed E-state index contributed by atoms with van der Waals surface area (Å²) in [7, 11) is 0. The predicted octanol–water partition coefficient (Wildman–Crippen LogP) is 3.22. The minimum absolute atomic E-state index is 0.509. The molecule has 1 heterocycles. The lowest BCUT2D eigenvalue weighted by Gasteiger charge is -2.22. The van der Waals surface area contributed by atoms with E-state index in [1.54, 1.807) is 11.8 Å². The summed E-state index contributed by atoms with van der Waals surface area (Å²) in [6.07, 6.45) is 1.93. The van der Waals surface area contributed by atoms with E-state index < -0.39 is 5.54 Å². The molecule has 5 heteroatoms. The molecule has 0 aromatic heterocycles. The van der Waals surface area contributed by atoms with Crippen LogP contribution in [0.4, 0.5) is 0 Å². The van der Waals surface area contributed by atoms with Gasteiger partial charge in [-0.15, -0.1) is 11.8 Å². The summed E-state index contributed by atoms with van der Waals surface area (Å²) in [6, 6.07) is 8.35. The molecule has 0 amide bonds. The van der Waals surface area contributed by atoms with Crippen molar-refractivity contribution in [1.82, 2.24) is 5.32 Å². The fourth-order valence-corrected chi connectivity index (χ4v) is 2.96. The molecule has 1 aliphatic heterocycles. The summed E-state index contributed by atoms with van der Waals surface area (Å²) in [5.41, 5.74) is -0.509. The second kappa shape index (κ2) is 7.58. The van der Waals surface area contributed by atoms with Crippen molar-refractivity contribution in [2.75, 3.05) is 25.5 Å². The first kappa shape index (κ1) is 16.0. The van der Waals surface area contributed by atoms with Gasteiger partial charge in [-0.2, -0.15) is 5.26 Å². The van der Waals surface area contributed by atoms with Gasteiger partial charge in [-0.05, 0) is 38.1 Å². The van der Waals surface area contributed by atoms with Crippen molar-refractivity contribution in [1.29, 1.82) is 5.26 Å². The van der Waals surface area contributed by atoms with Crippen LogP contribution in [0.3, 0.4) is 0 Å². The van der Waals surface area contributed by atoms with E-state index >= 15 is 0 Å². The fraction of sp³-hybridized carbons (Fsp3) is 0.562. The van der Waals surface area contributed by atoms with E-state index in [2.05, 4.69) is 18.3 Å². The second-order valence-electron chi connectivity index (χ2n) is 5.32. The van der Waals surface area contributed by atoms with E-state index in [-0.39, 0.29) is 0 Å².